The van der Waals surface area contributed by atoms with Crippen LogP contribution in [0.3, 0.4) is 0 Å². The van der Waals surface area contributed by atoms with E-state index in [1.807, 2.05) is 49.6 Å². The molecule has 0 heterocycles. The first-order chi connectivity index (χ1) is 8.03. The number of benzene rings is 1. The number of nitrogens with zero attached hydrogens (tertiary/aromatic N) is 1. The van der Waals surface area contributed by atoms with E-state index in [4.69, 9.17) is 4.74 Å². The highest BCUT2D eigenvalue weighted by Crippen LogP contribution is 2.16. The molecule has 0 aliphatic rings. The fraction of sp³-hybridized carbons (Fsp3) is 0.357. The van der Waals surface area contributed by atoms with Crippen LogP contribution in [0.2, 0.25) is 19.6 Å². The van der Waals surface area contributed by atoms with Crippen molar-refractivity contribution in [3.63, 3.8) is 0 Å². The minimum absolute atomic E-state index is 0.605. The lowest BCUT2D eigenvalue weighted by molar-refractivity contribution is 0.362. The Morgan fingerprint density at radius 2 is 1.94 bits per heavy atom. The van der Waals surface area contributed by atoms with Crippen LogP contribution in [0, 0.1) is 0 Å². The normalized spacial score (nSPS) is 12.5. The summed E-state index contributed by atoms with van der Waals surface area (Å²) in [4.78, 5) is 0. The van der Waals surface area contributed by atoms with Crippen molar-refractivity contribution in [1.29, 1.82) is 0 Å². The third-order valence-electron chi connectivity index (χ3n) is 2.08. The quantitative estimate of drug-likeness (QED) is 0.439. The molecular formula is C14H21NOSi. The van der Waals surface area contributed by atoms with Gasteiger partial charge in [-0.15, -0.1) is 0 Å². The Hall–Kier alpha value is -1.35. The number of hydrogen-bond acceptors (Lipinski definition) is 2. The largest absolute Gasteiger partial charge is 0.489 e. The predicted octanol–water partition coefficient (Wildman–Crippen LogP) is 3.90. The van der Waals surface area contributed by atoms with Gasteiger partial charge in [0.05, 0.1) is 0 Å². The summed E-state index contributed by atoms with van der Waals surface area (Å²) in [5, 5.41) is 0. The number of para-hydroxylation sites is 1. The molecule has 0 unspecified atom stereocenters. The van der Waals surface area contributed by atoms with Crippen LogP contribution in [0.1, 0.15) is 12.5 Å². The molecule has 17 heavy (non-hydrogen) atoms. The topological polar surface area (TPSA) is 21.6 Å². The summed E-state index contributed by atoms with van der Waals surface area (Å²) >= 11 is 0. The van der Waals surface area contributed by atoms with Crippen molar-refractivity contribution in [3.05, 3.63) is 42.0 Å². The van der Waals surface area contributed by atoms with Gasteiger partial charge in [0.25, 0.3) is 0 Å². The Kier molecular flexibility index (Phi) is 5.16. The molecule has 0 aromatic heterocycles. The summed E-state index contributed by atoms with van der Waals surface area (Å²) in [7, 11) is -1.40. The molecule has 2 nitrogen and oxygen atoms in total. The van der Waals surface area contributed by atoms with Crippen LogP contribution in [0.4, 0.5) is 0 Å². The Morgan fingerprint density at radius 1 is 1.24 bits per heavy atom. The molecule has 0 spiro atoms. The van der Waals surface area contributed by atoms with E-state index in [0.717, 1.165) is 11.3 Å². The summed E-state index contributed by atoms with van der Waals surface area (Å²) in [6, 6.07) is 8.01. The molecule has 3 heteroatoms. The van der Waals surface area contributed by atoms with Crippen LogP contribution in [-0.2, 0) is 0 Å². The first-order valence-corrected chi connectivity index (χ1v) is 9.36. The lowest BCUT2D eigenvalue weighted by atomic mass is 10.2. The van der Waals surface area contributed by atoms with Crippen molar-refractivity contribution in [1.82, 2.24) is 0 Å². The van der Waals surface area contributed by atoms with Crippen molar-refractivity contribution in [2.24, 2.45) is 4.66 Å². The Labute approximate surface area is 105 Å². The molecule has 0 saturated carbocycles. The van der Waals surface area contributed by atoms with E-state index >= 15 is 0 Å². The monoisotopic (exact) mass is 247 g/mol. The van der Waals surface area contributed by atoms with Gasteiger partial charge in [-0.3, -0.25) is 0 Å². The van der Waals surface area contributed by atoms with Crippen LogP contribution >= 0.6 is 0 Å². The van der Waals surface area contributed by atoms with E-state index in [-0.39, 0.29) is 0 Å². The second kappa shape index (κ2) is 6.40. The minimum Gasteiger partial charge on any atom is -0.489 e. The zero-order valence-electron chi connectivity index (χ0n) is 11.1. The van der Waals surface area contributed by atoms with E-state index in [9.17, 15) is 0 Å². The van der Waals surface area contributed by atoms with E-state index in [2.05, 4.69) is 24.3 Å². The average Bonchev–Trinajstić information content (AvgIpc) is 2.27. The van der Waals surface area contributed by atoms with Gasteiger partial charge in [0, 0.05) is 11.8 Å². The van der Waals surface area contributed by atoms with Gasteiger partial charge in [-0.05, 0) is 38.7 Å². The summed E-state index contributed by atoms with van der Waals surface area (Å²) in [6.07, 6.45) is 5.92. The summed E-state index contributed by atoms with van der Waals surface area (Å²) < 4.78 is 10.3. The number of allylic oxidation sites excluding steroid dienone is 1. The second-order valence-electron chi connectivity index (χ2n) is 4.85. The van der Waals surface area contributed by atoms with Gasteiger partial charge in [0.1, 0.15) is 12.4 Å². The molecule has 1 aromatic rings. The fourth-order valence-corrected chi connectivity index (χ4v) is 1.74. The zero-order chi connectivity index (χ0) is 12.7. The highest BCUT2D eigenvalue weighted by molar-refractivity contribution is 6.75. The fourth-order valence-electron chi connectivity index (χ4n) is 1.22. The lowest BCUT2D eigenvalue weighted by Gasteiger charge is -2.10. The Morgan fingerprint density at radius 3 is 2.59 bits per heavy atom. The second-order valence-corrected chi connectivity index (χ2v) is 9.45. The van der Waals surface area contributed by atoms with Gasteiger partial charge < -0.3 is 9.39 Å². The maximum Gasteiger partial charge on any atom is 0.172 e. The standard InChI is InChI=1S/C14H21NOSi/c1-5-6-11-16-14-10-8-7-9-13(14)12-15-17(2,3)4/h5-10,12H,11H2,1-4H3/b6-5+,15-12+. The third kappa shape index (κ3) is 5.50. The Bertz CT molecular complexity index is 405. The summed E-state index contributed by atoms with van der Waals surface area (Å²) in [5.74, 6) is 0.896. The molecule has 92 valence electrons. The van der Waals surface area contributed by atoms with E-state index in [1.54, 1.807) is 0 Å². The molecule has 0 N–H and O–H groups in total. The van der Waals surface area contributed by atoms with Gasteiger partial charge in [-0.25, -0.2) is 0 Å². The van der Waals surface area contributed by atoms with E-state index in [1.165, 1.54) is 0 Å². The number of rotatable bonds is 5. The van der Waals surface area contributed by atoms with Crippen molar-refractivity contribution >= 4 is 14.5 Å². The van der Waals surface area contributed by atoms with Crippen molar-refractivity contribution in [2.75, 3.05) is 6.61 Å². The van der Waals surface area contributed by atoms with Gasteiger partial charge in [0.15, 0.2) is 8.24 Å². The molecule has 0 saturated heterocycles. The summed E-state index contributed by atoms with van der Waals surface area (Å²) in [6.45, 7) is 9.24. The van der Waals surface area contributed by atoms with Crippen molar-refractivity contribution < 1.29 is 4.74 Å². The lowest BCUT2D eigenvalue weighted by Crippen LogP contribution is -2.16. The maximum absolute atomic E-state index is 5.68. The molecule has 0 fully saturated rings. The SMILES string of the molecule is C/C=C/COc1ccccc1/C=N/[Si](C)(C)C. The predicted molar refractivity (Wildman–Crippen MR) is 77.7 cm³/mol. The summed E-state index contributed by atoms with van der Waals surface area (Å²) in [5.41, 5.74) is 1.06. The number of ether oxygens (including phenoxy) is 1. The first kappa shape index (κ1) is 13.7. The first-order valence-electron chi connectivity index (χ1n) is 5.91. The average molecular weight is 247 g/mol. The van der Waals surface area contributed by atoms with Gasteiger partial charge in [0.2, 0.25) is 0 Å². The van der Waals surface area contributed by atoms with Crippen molar-refractivity contribution in [3.8, 4) is 5.75 Å². The molecule has 0 aliphatic carbocycles. The van der Waals surface area contributed by atoms with Crippen LogP contribution in [-0.4, -0.2) is 21.1 Å². The molecule has 1 rings (SSSR count). The highest BCUT2D eigenvalue weighted by Gasteiger charge is 2.10. The molecular weight excluding hydrogens is 226 g/mol. The van der Waals surface area contributed by atoms with Gasteiger partial charge >= 0.3 is 0 Å². The molecule has 0 radical (unpaired) electrons. The van der Waals surface area contributed by atoms with Crippen LogP contribution in [0.5, 0.6) is 5.75 Å². The zero-order valence-corrected chi connectivity index (χ0v) is 12.1. The maximum atomic E-state index is 5.68. The van der Waals surface area contributed by atoms with Crippen LogP contribution in [0.15, 0.2) is 41.1 Å². The minimum atomic E-state index is -1.40. The Balaban J connectivity index is 2.81. The molecule has 1 aromatic carbocycles. The van der Waals surface area contributed by atoms with Gasteiger partial charge in [-0.2, -0.15) is 0 Å². The molecule has 0 bridgehead atoms. The highest BCUT2D eigenvalue weighted by atomic mass is 28.3. The van der Waals surface area contributed by atoms with E-state index in [0.29, 0.717) is 6.61 Å². The van der Waals surface area contributed by atoms with Gasteiger partial charge in [-0.1, -0.05) is 24.3 Å². The molecule has 0 atom stereocenters. The molecule has 0 amide bonds. The van der Waals surface area contributed by atoms with Crippen LogP contribution in [0.25, 0.3) is 0 Å². The van der Waals surface area contributed by atoms with Crippen molar-refractivity contribution in [2.45, 2.75) is 26.6 Å². The van der Waals surface area contributed by atoms with Crippen LogP contribution < -0.4 is 4.74 Å². The number of hydrogen-bond donors (Lipinski definition) is 0. The van der Waals surface area contributed by atoms with E-state index < -0.39 is 8.24 Å². The smallest absolute Gasteiger partial charge is 0.172 e. The third-order valence-corrected chi connectivity index (χ3v) is 2.98. The molecule has 0 aliphatic heterocycles.